The minimum absolute atomic E-state index is 0.0528. The molecule has 0 bridgehead atoms. The fourth-order valence-electron chi connectivity index (χ4n) is 0.850. The van der Waals surface area contributed by atoms with Gasteiger partial charge in [0.2, 0.25) is 0 Å². The Morgan fingerprint density at radius 1 is 1.08 bits per heavy atom. The highest BCUT2D eigenvalue weighted by atomic mass is 19.4. The quantitative estimate of drug-likeness (QED) is 0.578. The van der Waals surface area contributed by atoms with Crippen molar-refractivity contribution in [2.75, 3.05) is 0 Å². The van der Waals surface area contributed by atoms with Crippen LogP contribution in [0.25, 0.3) is 0 Å². The van der Waals surface area contributed by atoms with Crippen LogP contribution in [0, 0.1) is 6.67 Å². The van der Waals surface area contributed by atoms with Crippen molar-refractivity contribution in [3.8, 4) is 0 Å². The van der Waals surface area contributed by atoms with E-state index in [1.54, 1.807) is 0 Å². The van der Waals surface area contributed by atoms with E-state index in [9.17, 15) is 17.6 Å². The summed E-state index contributed by atoms with van der Waals surface area (Å²) in [5.74, 6) is 0. The van der Waals surface area contributed by atoms with E-state index in [-0.39, 0.29) is 6.67 Å². The van der Waals surface area contributed by atoms with Gasteiger partial charge in [-0.1, -0.05) is 18.2 Å². The Kier molecular flexibility index (Phi) is 2.35. The van der Waals surface area contributed by atoms with Crippen LogP contribution >= 0.6 is 0 Å². The van der Waals surface area contributed by atoms with Crippen LogP contribution in [0.3, 0.4) is 0 Å². The summed E-state index contributed by atoms with van der Waals surface area (Å²) < 4.78 is 48.0. The first-order valence-corrected chi connectivity index (χ1v) is 3.15. The summed E-state index contributed by atoms with van der Waals surface area (Å²) >= 11 is 0. The lowest BCUT2D eigenvalue weighted by Gasteiger charge is -2.08. The SMILES string of the molecule is F[CH]c1ccccc1C(F)(F)F. The number of hydrogen-bond acceptors (Lipinski definition) is 0. The van der Waals surface area contributed by atoms with Gasteiger partial charge in [0.05, 0.1) is 5.56 Å². The van der Waals surface area contributed by atoms with Crippen LogP contribution < -0.4 is 0 Å². The van der Waals surface area contributed by atoms with Gasteiger partial charge in [0.1, 0.15) is 0 Å². The molecule has 0 saturated carbocycles. The molecule has 0 fully saturated rings. The molecule has 4 heteroatoms. The predicted molar refractivity (Wildman–Crippen MR) is 36.0 cm³/mol. The van der Waals surface area contributed by atoms with Crippen molar-refractivity contribution in [1.29, 1.82) is 0 Å². The van der Waals surface area contributed by atoms with Crippen molar-refractivity contribution in [2.45, 2.75) is 6.18 Å². The average Bonchev–Trinajstić information content (AvgIpc) is 2.03. The van der Waals surface area contributed by atoms with Crippen LogP contribution in [0.5, 0.6) is 0 Å². The summed E-state index contributed by atoms with van der Waals surface area (Å²) in [5, 5.41) is 0. The molecular weight excluding hydrogens is 172 g/mol. The lowest BCUT2D eigenvalue weighted by atomic mass is 10.1. The van der Waals surface area contributed by atoms with E-state index in [1.807, 2.05) is 0 Å². The number of alkyl halides is 3. The molecule has 0 aliphatic rings. The molecule has 12 heavy (non-hydrogen) atoms. The Morgan fingerprint density at radius 3 is 2.08 bits per heavy atom. The summed E-state index contributed by atoms with van der Waals surface area (Å²) in [5.41, 5.74) is -1.39. The van der Waals surface area contributed by atoms with Crippen LogP contribution in [0.15, 0.2) is 24.3 Å². The highest BCUT2D eigenvalue weighted by molar-refractivity contribution is 5.33. The smallest absolute Gasteiger partial charge is 0.239 e. The van der Waals surface area contributed by atoms with Crippen LogP contribution in [0.2, 0.25) is 0 Å². The Morgan fingerprint density at radius 2 is 1.67 bits per heavy atom. The molecule has 0 heterocycles. The molecule has 1 aromatic rings. The van der Waals surface area contributed by atoms with Gasteiger partial charge in [0.15, 0.2) is 6.67 Å². The lowest BCUT2D eigenvalue weighted by molar-refractivity contribution is -0.138. The molecule has 0 amide bonds. The zero-order chi connectivity index (χ0) is 9.19. The van der Waals surface area contributed by atoms with Gasteiger partial charge in [-0.25, -0.2) is 4.39 Å². The van der Waals surface area contributed by atoms with Crippen LogP contribution in [-0.2, 0) is 6.18 Å². The third-order valence-corrected chi connectivity index (χ3v) is 1.38. The van der Waals surface area contributed by atoms with Crippen molar-refractivity contribution >= 4 is 0 Å². The number of hydrogen-bond donors (Lipinski definition) is 0. The Labute approximate surface area is 66.8 Å². The molecule has 0 spiro atoms. The maximum Gasteiger partial charge on any atom is 0.416 e. The molecule has 0 aliphatic carbocycles. The van der Waals surface area contributed by atoms with Gasteiger partial charge in [-0.2, -0.15) is 13.2 Å². The first kappa shape index (κ1) is 9.03. The van der Waals surface area contributed by atoms with Crippen LogP contribution in [-0.4, -0.2) is 0 Å². The fourth-order valence-corrected chi connectivity index (χ4v) is 0.850. The van der Waals surface area contributed by atoms with E-state index < -0.39 is 17.3 Å². The van der Waals surface area contributed by atoms with Gasteiger partial charge >= 0.3 is 6.18 Å². The number of benzene rings is 1. The standard InChI is InChI=1S/C8H5F4/c9-5-6-3-1-2-4-7(6)8(10,11)12/h1-5H. The second kappa shape index (κ2) is 3.13. The summed E-state index contributed by atoms with van der Waals surface area (Å²) in [6.45, 7) is -0.0528. The first-order valence-electron chi connectivity index (χ1n) is 3.15. The minimum atomic E-state index is -4.49. The Balaban J connectivity index is 3.14. The summed E-state index contributed by atoms with van der Waals surface area (Å²) in [7, 11) is 0. The van der Waals surface area contributed by atoms with Crippen molar-refractivity contribution in [2.24, 2.45) is 0 Å². The first-order chi connectivity index (χ1) is 5.55. The zero-order valence-electron chi connectivity index (χ0n) is 5.90. The predicted octanol–water partition coefficient (Wildman–Crippen LogP) is 3.18. The van der Waals surface area contributed by atoms with Gasteiger partial charge in [0, 0.05) is 5.56 Å². The van der Waals surface area contributed by atoms with Gasteiger partial charge < -0.3 is 0 Å². The molecule has 0 aliphatic heterocycles. The molecule has 1 rings (SSSR count). The molecule has 0 aromatic heterocycles. The van der Waals surface area contributed by atoms with Gasteiger partial charge in [-0.3, -0.25) is 0 Å². The third kappa shape index (κ3) is 1.75. The molecule has 1 aromatic carbocycles. The van der Waals surface area contributed by atoms with E-state index >= 15 is 0 Å². The molecule has 1 radical (unpaired) electrons. The van der Waals surface area contributed by atoms with Crippen molar-refractivity contribution in [3.63, 3.8) is 0 Å². The maximum atomic E-state index is 12.0. The molecule has 0 unspecified atom stereocenters. The molecule has 0 saturated heterocycles. The van der Waals surface area contributed by atoms with Crippen molar-refractivity contribution in [1.82, 2.24) is 0 Å². The molecule has 0 N–H and O–H groups in total. The summed E-state index contributed by atoms with van der Waals surface area (Å²) in [6.07, 6.45) is -4.49. The molecule has 0 nitrogen and oxygen atoms in total. The molecular formula is C8H5F4. The number of rotatable bonds is 1. The normalized spacial score (nSPS) is 11.7. The van der Waals surface area contributed by atoms with E-state index in [1.165, 1.54) is 12.1 Å². The minimum Gasteiger partial charge on any atom is -0.239 e. The highest BCUT2D eigenvalue weighted by Gasteiger charge is 2.32. The van der Waals surface area contributed by atoms with Crippen LogP contribution in [0.1, 0.15) is 11.1 Å². The van der Waals surface area contributed by atoms with E-state index in [2.05, 4.69) is 0 Å². The summed E-state index contributed by atoms with van der Waals surface area (Å²) in [6, 6.07) is 4.48. The zero-order valence-corrected chi connectivity index (χ0v) is 5.90. The largest absolute Gasteiger partial charge is 0.416 e. The second-order valence-electron chi connectivity index (χ2n) is 2.19. The molecule has 65 valence electrons. The molecule has 0 atom stereocenters. The monoisotopic (exact) mass is 177 g/mol. The third-order valence-electron chi connectivity index (χ3n) is 1.38. The van der Waals surface area contributed by atoms with E-state index in [0.29, 0.717) is 0 Å². The van der Waals surface area contributed by atoms with Gasteiger partial charge in [-0.05, 0) is 6.07 Å². The lowest BCUT2D eigenvalue weighted by Crippen LogP contribution is -2.07. The Hall–Kier alpha value is -1.06. The summed E-state index contributed by atoms with van der Waals surface area (Å²) in [4.78, 5) is 0. The number of halogens is 4. The second-order valence-corrected chi connectivity index (χ2v) is 2.19. The van der Waals surface area contributed by atoms with E-state index in [0.717, 1.165) is 12.1 Å². The topological polar surface area (TPSA) is 0 Å². The maximum absolute atomic E-state index is 12.0. The van der Waals surface area contributed by atoms with Crippen LogP contribution in [0.4, 0.5) is 17.6 Å². The van der Waals surface area contributed by atoms with E-state index in [4.69, 9.17) is 0 Å². The average molecular weight is 177 g/mol. The Bertz CT molecular complexity index is 264. The van der Waals surface area contributed by atoms with Crippen molar-refractivity contribution in [3.05, 3.63) is 42.1 Å². The van der Waals surface area contributed by atoms with Crippen molar-refractivity contribution < 1.29 is 17.6 Å². The van der Waals surface area contributed by atoms with Gasteiger partial charge in [-0.15, -0.1) is 0 Å². The fraction of sp³-hybridized carbons (Fsp3) is 0.125. The highest BCUT2D eigenvalue weighted by Crippen LogP contribution is 2.32. The van der Waals surface area contributed by atoms with Gasteiger partial charge in [0.25, 0.3) is 0 Å².